The molecular formula is C28H46Cl2N4O. The fraction of sp³-hybridized carbons (Fsp3) is 0.750. The van der Waals surface area contributed by atoms with Crippen LogP contribution in [0.15, 0.2) is 18.2 Å². The molecule has 7 heteroatoms. The van der Waals surface area contributed by atoms with Gasteiger partial charge in [-0.25, -0.2) is 0 Å². The van der Waals surface area contributed by atoms with Crippen LogP contribution in [0, 0.1) is 5.92 Å². The fourth-order valence-corrected chi connectivity index (χ4v) is 5.68. The number of hydrogen-bond acceptors (Lipinski definition) is 4. The Morgan fingerprint density at radius 2 is 1.71 bits per heavy atom. The maximum absolute atomic E-state index is 12.3. The molecule has 35 heavy (non-hydrogen) atoms. The molecule has 1 aromatic carbocycles. The second kappa shape index (κ2) is 14.1. The number of hydrogen-bond donors (Lipinski definition) is 2. The first-order valence-corrected chi connectivity index (χ1v) is 14.4. The van der Waals surface area contributed by atoms with Gasteiger partial charge < -0.3 is 15.5 Å². The number of unbranched alkanes of at least 4 members (excludes halogenated alkanes) is 2. The van der Waals surface area contributed by atoms with E-state index in [-0.39, 0.29) is 11.4 Å². The summed E-state index contributed by atoms with van der Waals surface area (Å²) in [6.07, 6.45) is 9.92. The average Bonchev–Trinajstić information content (AvgIpc) is 2.82. The Labute approximate surface area is 223 Å². The molecule has 1 amide bonds. The first kappa shape index (κ1) is 28.6. The topological polar surface area (TPSA) is 47.6 Å². The Bertz CT molecular complexity index is 782. The molecule has 0 aromatic heterocycles. The quantitative estimate of drug-likeness (QED) is 0.342. The van der Waals surface area contributed by atoms with E-state index in [4.69, 9.17) is 23.2 Å². The van der Waals surface area contributed by atoms with Crippen LogP contribution in [0.2, 0.25) is 10.0 Å². The van der Waals surface area contributed by atoms with E-state index in [1.165, 1.54) is 25.8 Å². The van der Waals surface area contributed by atoms with Gasteiger partial charge in [0, 0.05) is 44.2 Å². The summed E-state index contributed by atoms with van der Waals surface area (Å²) < 4.78 is 0. The van der Waals surface area contributed by atoms with E-state index in [2.05, 4.69) is 47.3 Å². The Morgan fingerprint density at radius 1 is 1.00 bits per heavy atom. The van der Waals surface area contributed by atoms with Crippen LogP contribution >= 0.6 is 23.2 Å². The largest absolute Gasteiger partial charge is 0.368 e. The summed E-state index contributed by atoms with van der Waals surface area (Å²) in [6, 6.07) is 6.26. The lowest BCUT2D eigenvalue weighted by atomic mass is 9.84. The van der Waals surface area contributed by atoms with Crippen LogP contribution in [-0.4, -0.2) is 61.7 Å². The van der Waals surface area contributed by atoms with Gasteiger partial charge in [0.1, 0.15) is 0 Å². The minimum absolute atomic E-state index is 0.178. The second-order valence-corrected chi connectivity index (χ2v) is 12.2. The lowest BCUT2D eigenvalue weighted by Crippen LogP contribution is -2.47. The van der Waals surface area contributed by atoms with E-state index >= 15 is 0 Å². The van der Waals surface area contributed by atoms with Gasteiger partial charge in [-0.05, 0) is 96.9 Å². The van der Waals surface area contributed by atoms with Gasteiger partial charge in [0.2, 0.25) is 5.91 Å². The highest BCUT2D eigenvalue weighted by Gasteiger charge is 2.24. The van der Waals surface area contributed by atoms with Crippen molar-refractivity contribution in [1.29, 1.82) is 0 Å². The van der Waals surface area contributed by atoms with Crippen LogP contribution in [0.5, 0.6) is 0 Å². The van der Waals surface area contributed by atoms with Crippen molar-refractivity contribution in [3.05, 3.63) is 28.2 Å². The van der Waals surface area contributed by atoms with Gasteiger partial charge in [0.05, 0.1) is 15.7 Å². The van der Waals surface area contributed by atoms with Crippen LogP contribution in [0.4, 0.5) is 5.69 Å². The first-order chi connectivity index (χ1) is 16.7. The number of rotatable bonds is 11. The summed E-state index contributed by atoms with van der Waals surface area (Å²) >= 11 is 12.6. The molecule has 1 aliphatic carbocycles. The Kier molecular flexibility index (Phi) is 11.5. The van der Waals surface area contributed by atoms with Crippen molar-refractivity contribution in [2.45, 2.75) is 90.1 Å². The number of nitrogens with zero attached hydrogens (tertiary/aromatic N) is 2. The van der Waals surface area contributed by atoms with Crippen LogP contribution in [0.25, 0.3) is 0 Å². The predicted molar refractivity (Wildman–Crippen MR) is 150 cm³/mol. The summed E-state index contributed by atoms with van der Waals surface area (Å²) in [7, 11) is 0. The number of carbonyl (C=O) groups is 1. The number of carbonyl (C=O) groups excluding carboxylic acids is 1. The fourth-order valence-electron chi connectivity index (χ4n) is 5.26. The molecule has 0 bridgehead atoms. The van der Waals surface area contributed by atoms with E-state index in [0.717, 1.165) is 76.4 Å². The minimum Gasteiger partial charge on any atom is -0.368 e. The third-order valence-corrected chi connectivity index (χ3v) is 8.25. The van der Waals surface area contributed by atoms with Gasteiger partial charge in [-0.1, -0.05) is 35.7 Å². The molecule has 198 valence electrons. The van der Waals surface area contributed by atoms with E-state index in [0.29, 0.717) is 22.5 Å². The lowest BCUT2D eigenvalue weighted by molar-refractivity contribution is -0.122. The van der Waals surface area contributed by atoms with E-state index in [9.17, 15) is 4.79 Å². The highest BCUT2D eigenvalue weighted by atomic mass is 35.5. The van der Waals surface area contributed by atoms with E-state index in [1.54, 1.807) is 0 Å². The third-order valence-electron chi connectivity index (χ3n) is 7.45. The van der Waals surface area contributed by atoms with Gasteiger partial charge in [-0.2, -0.15) is 0 Å². The van der Waals surface area contributed by atoms with Crippen molar-refractivity contribution < 1.29 is 4.79 Å². The summed E-state index contributed by atoms with van der Waals surface area (Å²) in [4.78, 5) is 17.3. The number of nitrogens with one attached hydrogen (secondary N) is 2. The van der Waals surface area contributed by atoms with Crippen LogP contribution in [0.3, 0.4) is 0 Å². The smallest absolute Gasteiger partial charge is 0.220 e. The zero-order valence-electron chi connectivity index (χ0n) is 22.1. The van der Waals surface area contributed by atoms with Crippen molar-refractivity contribution in [1.82, 2.24) is 15.5 Å². The van der Waals surface area contributed by atoms with Gasteiger partial charge >= 0.3 is 0 Å². The van der Waals surface area contributed by atoms with Gasteiger partial charge in [0.15, 0.2) is 0 Å². The van der Waals surface area contributed by atoms with Gasteiger partial charge in [0.25, 0.3) is 0 Å². The monoisotopic (exact) mass is 524 g/mol. The standard InChI is InChI=1S/C28H46Cl2N4O/c1-28(2,3)31-16-6-4-5-10-26(35)32-23-13-11-22(12-14-23)15-17-33-18-20-34(21-19-33)25-9-7-8-24(29)27(25)30/h7-9,22-23,31H,4-6,10-21H2,1-3H3,(H,32,35)/t22-,23-. The molecule has 0 spiro atoms. The van der Waals surface area contributed by atoms with Gasteiger partial charge in [-0.3, -0.25) is 9.69 Å². The predicted octanol–water partition coefficient (Wildman–Crippen LogP) is 6.13. The van der Waals surface area contributed by atoms with E-state index < -0.39 is 0 Å². The molecule has 1 saturated carbocycles. The molecular weight excluding hydrogens is 479 g/mol. The number of anilines is 1. The van der Waals surface area contributed by atoms with Crippen molar-refractivity contribution in [3.63, 3.8) is 0 Å². The Morgan fingerprint density at radius 3 is 2.40 bits per heavy atom. The SMILES string of the molecule is CC(C)(C)NCCCCCC(=O)N[C@H]1CC[C@H](CCN2CCN(c3cccc(Cl)c3Cl)CC2)CC1. The molecule has 2 fully saturated rings. The first-order valence-electron chi connectivity index (χ1n) is 13.7. The van der Waals surface area contributed by atoms with Crippen LogP contribution in [0.1, 0.15) is 78.6 Å². The maximum atomic E-state index is 12.3. The number of amides is 1. The normalized spacial score (nSPS) is 21.8. The number of benzene rings is 1. The number of halogens is 2. The van der Waals surface area contributed by atoms with Crippen molar-refractivity contribution in [2.75, 3.05) is 44.2 Å². The summed E-state index contributed by atoms with van der Waals surface area (Å²) in [6.45, 7) is 12.9. The van der Waals surface area contributed by atoms with E-state index in [1.807, 2.05) is 12.1 Å². The molecule has 0 unspecified atom stereocenters. The average molecular weight is 526 g/mol. The van der Waals surface area contributed by atoms with Crippen molar-refractivity contribution in [2.24, 2.45) is 5.92 Å². The number of piperazine rings is 1. The van der Waals surface area contributed by atoms with Gasteiger partial charge in [-0.15, -0.1) is 0 Å². The molecule has 1 saturated heterocycles. The molecule has 3 rings (SSSR count). The van der Waals surface area contributed by atoms with Crippen molar-refractivity contribution in [3.8, 4) is 0 Å². The minimum atomic E-state index is 0.178. The molecule has 1 heterocycles. The summed E-state index contributed by atoms with van der Waals surface area (Å²) in [5, 5.41) is 8.10. The molecule has 1 aromatic rings. The summed E-state index contributed by atoms with van der Waals surface area (Å²) in [5.41, 5.74) is 1.23. The maximum Gasteiger partial charge on any atom is 0.220 e. The molecule has 2 N–H and O–H groups in total. The second-order valence-electron chi connectivity index (χ2n) is 11.5. The zero-order valence-corrected chi connectivity index (χ0v) is 23.6. The van der Waals surface area contributed by atoms with Crippen LogP contribution in [-0.2, 0) is 4.79 Å². The molecule has 5 nitrogen and oxygen atoms in total. The Hall–Kier alpha value is -1.01. The molecule has 0 atom stereocenters. The molecule has 0 radical (unpaired) electrons. The lowest BCUT2D eigenvalue weighted by Gasteiger charge is -2.37. The van der Waals surface area contributed by atoms with Crippen molar-refractivity contribution >= 4 is 34.8 Å². The summed E-state index contributed by atoms with van der Waals surface area (Å²) in [5.74, 6) is 1.04. The zero-order chi connectivity index (χ0) is 25.3. The third kappa shape index (κ3) is 10.1. The van der Waals surface area contributed by atoms with Crippen LogP contribution < -0.4 is 15.5 Å². The highest BCUT2D eigenvalue weighted by molar-refractivity contribution is 6.43. The Balaban J connectivity index is 1.23. The molecule has 1 aliphatic heterocycles. The highest BCUT2D eigenvalue weighted by Crippen LogP contribution is 2.33. The molecule has 2 aliphatic rings.